The molecule has 1 aliphatic heterocycles. The van der Waals surface area contributed by atoms with Crippen LogP contribution in [0.25, 0.3) is 0 Å². The largest absolute Gasteiger partial charge is 0.521 e. The molecule has 0 saturated carbocycles. The van der Waals surface area contributed by atoms with Crippen LogP contribution in [0, 0.1) is 0 Å². The van der Waals surface area contributed by atoms with Crippen molar-refractivity contribution >= 4 is 36.0 Å². The molecule has 98 valence electrons. The summed E-state index contributed by atoms with van der Waals surface area (Å²) in [6, 6.07) is 3.77. The second-order valence-corrected chi connectivity index (χ2v) is 5.98. The van der Waals surface area contributed by atoms with E-state index in [2.05, 4.69) is 12.6 Å². The lowest BCUT2D eigenvalue weighted by Gasteiger charge is -2.29. The Bertz CT molecular complexity index is 460. The molecule has 18 heavy (non-hydrogen) atoms. The zero-order chi connectivity index (χ0) is 13.3. The smallest absolute Gasteiger partial charge is 0.435 e. The van der Waals surface area contributed by atoms with Crippen LogP contribution < -0.4 is 0 Å². The zero-order valence-electron chi connectivity index (χ0n) is 10.1. The molecule has 2 unspecified atom stereocenters. The van der Waals surface area contributed by atoms with Gasteiger partial charge in [0.05, 0.1) is 0 Å². The van der Waals surface area contributed by atoms with Crippen LogP contribution in [0.15, 0.2) is 17.5 Å². The maximum atomic E-state index is 12.0. The molecule has 2 rings (SSSR count). The van der Waals surface area contributed by atoms with Crippen molar-refractivity contribution < 1.29 is 19.2 Å². The molecule has 1 aromatic rings. The Balaban J connectivity index is 2.33. The summed E-state index contributed by atoms with van der Waals surface area (Å²) in [4.78, 5) is 24.8. The van der Waals surface area contributed by atoms with E-state index in [0.29, 0.717) is 6.54 Å². The molecule has 0 aliphatic carbocycles. The normalized spacial score (nSPS) is 31.4. The Hall–Kier alpha value is -0.850. The minimum absolute atomic E-state index is 0.0339. The first-order chi connectivity index (χ1) is 8.52. The molecule has 2 amide bonds. The van der Waals surface area contributed by atoms with Gasteiger partial charge in [-0.1, -0.05) is 6.07 Å². The molecule has 1 aliphatic rings. The van der Waals surface area contributed by atoms with E-state index in [-0.39, 0.29) is 23.6 Å². The van der Waals surface area contributed by atoms with Gasteiger partial charge in [0.1, 0.15) is 18.3 Å². The first kappa shape index (κ1) is 13.6. The van der Waals surface area contributed by atoms with E-state index in [1.807, 2.05) is 24.4 Å². The van der Waals surface area contributed by atoms with Gasteiger partial charge >= 0.3 is 12.0 Å². The third-order valence-corrected chi connectivity index (χ3v) is 5.06. The van der Waals surface area contributed by atoms with E-state index in [4.69, 9.17) is 0 Å². The van der Waals surface area contributed by atoms with Crippen molar-refractivity contribution in [1.29, 1.82) is 0 Å². The third-order valence-electron chi connectivity index (χ3n) is 3.75. The van der Waals surface area contributed by atoms with E-state index < -0.39 is 10.6 Å². The standard InChI is InChI=1S/C12H15NO3S2/c1-8-5-9(10-3-2-4-18-10)6-13(8,12(15)16)11(14)7-17/h2-4,8-9H,5-7H2,1H3,(H-,15,16,17)/p+1/t8?,9-,13?/m0/s1. The lowest BCUT2D eigenvalue weighted by atomic mass is 10.1. The van der Waals surface area contributed by atoms with E-state index in [9.17, 15) is 14.7 Å². The van der Waals surface area contributed by atoms with Crippen LogP contribution >= 0.6 is 24.0 Å². The number of quaternary nitrogens is 1. The van der Waals surface area contributed by atoms with E-state index in [1.165, 1.54) is 0 Å². The predicted molar refractivity (Wildman–Crippen MR) is 73.2 cm³/mol. The quantitative estimate of drug-likeness (QED) is 0.649. The van der Waals surface area contributed by atoms with Gasteiger partial charge in [-0.2, -0.15) is 21.9 Å². The molecule has 3 atom stereocenters. The molecule has 1 fully saturated rings. The fourth-order valence-electron chi connectivity index (χ4n) is 2.77. The fraction of sp³-hybridized carbons (Fsp3) is 0.500. The van der Waals surface area contributed by atoms with Crippen LogP contribution in [0.1, 0.15) is 24.1 Å². The fourth-order valence-corrected chi connectivity index (χ4v) is 3.86. The zero-order valence-corrected chi connectivity index (χ0v) is 11.8. The second-order valence-electron chi connectivity index (χ2n) is 4.68. The molecular formula is C12H16NO3S2+. The summed E-state index contributed by atoms with van der Waals surface area (Å²) in [6.07, 6.45) is -0.326. The number of hydrogen-bond acceptors (Lipinski definition) is 4. The molecule has 1 aromatic heterocycles. The average molecular weight is 286 g/mol. The Morgan fingerprint density at radius 1 is 1.61 bits per heavy atom. The van der Waals surface area contributed by atoms with Crippen LogP contribution in [0.3, 0.4) is 0 Å². The Labute approximate surface area is 115 Å². The maximum absolute atomic E-state index is 12.0. The molecule has 1 N–H and O–H groups in total. The lowest BCUT2D eigenvalue weighted by Crippen LogP contribution is -2.59. The van der Waals surface area contributed by atoms with Gasteiger partial charge in [0, 0.05) is 17.2 Å². The van der Waals surface area contributed by atoms with Crippen molar-refractivity contribution in [3.05, 3.63) is 22.4 Å². The summed E-state index contributed by atoms with van der Waals surface area (Å²) >= 11 is 5.58. The highest BCUT2D eigenvalue weighted by Gasteiger charge is 2.56. The molecule has 0 radical (unpaired) electrons. The molecule has 4 nitrogen and oxygen atoms in total. The van der Waals surface area contributed by atoms with Gasteiger partial charge in [0.25, 0.3) is 0 Å². The average Bonchev–Trinajstić information content (AvgIpc) is 2.95. The molecule has 0 aromatic carbocycles. The summed E-state index contributed by atoms with van der Waals surface area (Å²) in [5.41, 5.74) is 0. The van der Waals surface area contributed by atoms with E-state index >= 15 is 0 Å². The highest BCUT2D eigenvalue weighted by atomic mass is 32.1. The van der Waals surface area contributed by atoms with Crippen LogP contribution in [-0.2, 0) is 4.79 Å². The highest BCUT2D eigenvalue weighted by molar-refractivity contribution is 7.81. The molecule has 0 bridgehead atoms. The van der Waals surface area contributed by atoms with Crippen molar-refractivity contribution in [3.63, 3.8) is 0 Å². The summed E-state index contributed by atoms with van der Waals surface area (Å²) in [5.74, 6) is -0.203. The predicted octanol–water partition coefficient (Wildman–Crippen LogP) is 2.58. The molecule has 0 spiro atoms. The van der Waals surface area contributed by atoms with Crippen molar-refractivity contribution in [3.8, 4) is 0 Å². The first-order valence-electron chi connectivity index (χ1n) is 5.81. The van der Waals surface area contributed by atoms with Gasteiger partial charge in [0.2, 0.25) is 0 Å². The van der Waals surface area contributed by atoms with Gasteiger partial charge in [-0.3, -0.25) is 0 Å². The van der Waals surface area contributed by atoms with Gasteiger partial charge in [-0.25, -0.2) is 4.79 Å². The molecule has 6 heteroatoms. The number of amides is 2. The number of nitrogens with zero attached hydrogens (tertiary/aromatic N) is 1. The summed E-state index contributed by atoms with van der Waals surface area (Å²) in [7, 11) is 0. The number of carbonyl (C=O) groups is 2. The summed E-state index contributed by atoms with van der Waals surface area (Å²) in [5, 5.41) is 11.5. The minimum Gasteiger partial charge on any atom is -0.435 e. The van der Waals surface area contributed by atoms with Gasteiger partial charge in [-0.15, -0.1) is 11.3 Å². The van der Waals surface area contributed by atoms with Gasteiger partial charge in [0.15, 0.2) is 0 Å². The number of rotatable bonds is 2. The number of imide groups is 1. The van der Waals surface area contributed by atoms with Crippen LogP contribution in [0.4, 0.5) is 4.79 Å². The lowest BCUT2D eigenvalue weighted by molar-refractivity contribution is -0.791. The van der Waals surface area contributed by atoms with Crippen molar-refractivity contribution in [1.82, 2.24) is 0 Å². The topological polar surface area (TPSA) is 54.4 Å². The van der Waals surface area contributed by atoms with Gasteiger partial charge < -0.3 is 5.11 Å². The first-order valence-corrected chi connectivity index (χ1v) is 7.32. The Morgan fingerprint density at radius 3 is 2.83 bits per heavy atom. The van der Waals surface area contributed by atoms with Crippen molar-refractivity contribution in [2.75, 3.05) is 12.3 Å². The number of thiophene rings is 1. The van der Waals surface area contributed by atoms with E-state index in [1.54, 1.807) is 11.3 Å². The molecular weight excluding hydrogens is 270 g/mol. The Kier molecular flexibility index (Phi) is 3.79. The number of likely N-dealkylation sites (tertiary alicyclic amines) is 1. The van der Waals surface area contributed by atoms with Crippen molar-refractivity contribution in [2.24, 2.45) is 0 Å². The van der Waals surface area contributed by atoms with Crippen LogP contribution in [0.2, 0.25) is 0 Å². The second kappa shape index (κ2) is 5.03. The van der Waals surface area contributed by atoms with Crippen LogP contribution in [0.5, 0.6) is 0 Å². The number of carboxylic acid groups (broad SMARTS) is 1. The number of carbonyl (C=O) groups excluding carboxylic acids is 1. The maximum Gasteiger partial charge on any atom is 0.521 e. The third kappa shape index (κ3) is 1.98. The van der Waals surface area contributed by atoms with E-state index in [0.717, 1.165) is 11.3 Å². The molecule has 1 saturated heterocycles. The Morgan fingerprint density at radius 2 is 2.33 bits per heavy atom. The highest BCUT2D eigenvalue weighted by Crippen LogP contribution is 2.39. The molecule has 2 heterocycles. The summed E-state index contributed by atoms with van der Waals surface area (Å²) < 4.78 is -0.480. The minimum atomic E-state index is -1.05. The number of hydrogen-bond donors (Lipinski definition) is 2. The van der Waals surface area contributed by atoms with Crippen LogP contribution in [-0.4, -0.2) is 39.9 Å². The SMILES string of the molecule is CC1C[C@H](c2cccs2)C[N+]1(C(=O)O)C(=O)CS. The summed E-state index contributed by atoms with van der Waals surface area (Å²) in [6.45, 7) is 2.18. The monoisotopic (exact) mass is 286 g/mol. The number of thiol groups is 1. The van der Waals surface area contributed by atoms with Gasteiger partial charge in [-0.05, 0) is 18.4 Å². The van der Waals surface area contributed by atoms with Crippen molar-refractivity contribution in [2.45, 2.75) is 25.3 Å².